The predicted molar refractivity (Wildman–Crippen MR) is 143 cm³/mol. The average Bonchev–Trinajstić information content (AvgIpc) is 3.33. The van der Waals surface area contributed by atoms with E-state index in [4.69, 9.17) is 10.7 Å². The van der Waals surface area contributed by atoms with E-state index in [2.05, 4.69) is 47.6 Å². The first-order chi connectivity index (χ1) is 17.6. The molecule has 1 aliphatic carbocycles. The van der Waals surface area contributed by atoms with E-state index < -0.39 is 5.97 Å². The monoisotopic (exact) mass is 476 g/mol. The van der Waals surface area contributed by atoms with E-state index in [1.54, 1.807) is 4.52 Å². The van der Waals surface area contributed by atoms with Crippen LogP contribution >= 0.6 is 0 Å². The van der Waals surface area contributed by atoms with Crippen LogP contribution < -0.4 is 5.73 Å². The van der Waals surface area contributed by atoms with Crippen LogP contribution in [0.2, 0.25) is 0 Å². The molecule has 0 bridgehead atoms. The van der Waals surface area contributed by atoms with E-state index in [0.29, 0.717) is 5.82 Å². The van der Waals surface area contributed by atoms with E-state index in [-0.39, 0.29) is 18.3 Å². The highest BCUT2D eigenvalue weighted by Gasteiger charge is 2.29. The molecule has 6 heteroatoms. The van der Waals surface area contributed by atoms with Gasteiger partial charge in [-0.3, -0.25) is 4.79 Å². The maximum atomic E-state index is 11.2. The molecule has 2 heterocycles. The number of carbonyl (C=O) groups is 1. The third kappa shape index (κ3) is 3.98. The third-order valence-corrected chi connectivity index (χ3v) is 7.53. The summed E-state index contributed by atoms with van der Waals surface area (Å²) in [4.78, 5) is 16.5. The van der Waals surface area contributed by atoms with E-state index in [0.717, 1.165) is 59.3 Å². The van der Waals surface area contributed by atoms with Crippen molar-refractivity contribution < 1.29 is 9.90 Å². The molecule has 1 fully saturated rings. The van der Waals surface area contributed by atoms with Crippen molar-refractivity contribution in [2.45, 2.75) is 38.0 Å². The van der Waals surface area contributed by atoms with Crippen LogP contribution in [0.4, 0.5) is 5.82 Å². The SMILES string of the molecule is Nc1c(-c2ccccc2)c(C2CCC(CC(=O)O)CC2)nc2c(-c3ccc4ccccc4c3)cnn12. The topological polar surface area (TPSA) is 93.5 Å². The Hall–Kier alpha value is -4.19. The number of anilines is 1. The van der Waals surface area contributed by atoms with Gasteiger partial charge in [0.1, 0.15) is 5.82 Å². The molecule has 6 rings (SSSR count). The maximum Gasteiger partial charge on any atom is 0.303 e. The van der Waals surface area contributed by atoms with E-state index in [1.165, 1.54) is 10.8 Å². The van der Waals surface area contributed by atoms with Gasteiger partial charge >= 0.3 is 5.97 Å². The number of carboxylic acid groups (broad SMARTS) is 1. The van der Waals surface area contributed by atoms with Crippen LogP contribution in [-0.2, 0) is 4.79 Å². The van der Waals surface area contributed by atoms with Crippen LogP contribution in [0.5, 0.6) is 0 Å². The van der Waals surface area contributed by atoms with Gasteiger partial charge in [-0.15, -0.1) is 0 Å². The van der Waals surface area contributed by atoms with Crippen molar-refractivity contribution in [3.63, 3.8) is 0 Å². The highest BCUT2D eigenvalue weighted by Crippen LogP contribution is 2.43. The number of rotatable bonds is 5. The second kappa shape index (κ2) is 9.11. The highest BCUT2D eigenvalue weighted by atomic mass is 16.4. The van der Waals surface area contributed by atoms with E-state index in [9.17, 15) is 9.90 Å². The summed E-state index contributed by atoms with van der Waals surface area (Å²) in [6.07, 6.45) is 5.66. The van der Waals surface area contributed by atoms with Gasteiger partial charge in [-0.2, -0.15) is 9.61 Å². The molecule has 1 saturated carbocycles. The molecule has 0 saturated heterocycles. The number of hydrogen-bond donors (Lipinski definition) is 2. The van der Waals surface area contributed by atoms with Gasteiger partial charge in [0.15, 0.2) is 5.65 Å². The number of nitrogens with zero attached hydrogens (tertiary/aromatic N) is 3. The zero-order chi connectivity index (χ0) is 24.6. The molecule has 5 aromatic rings. The van der Waals surface area contributed by atoms with Crippen LogP contribution in [0, 0.1) is 5.92 Å². The van der Waals surface area contributed by atoms with Crippen molar-refractivity contribution in [1.29, 1.82) is 0 Å². The molecule has 0 radical (unpaired) electrons. The maximum absolute atomic E-state index is 11.2. The van der Waals surface area contributed by atoms with Crippen LogP contribution in [0.15, 0.2) is 79.0 Å². The summed E-state index contributed by atoms with van der Waals surface area (Å²) >= 11 is 0. The van der Waals surface area contributed by atoms with Crippen LogP contribution in [0.25, 0.3) is 38.7 Å². The number of aliphatic carboxylic acids is 1. The third-order valence-electron chi connectivity index (χ3n) is 7.53. The summed E-state index contributed by atoms with van der Waals surface area (Å²) in [5, 5.41) is 16.3. The Balaban J connectivity index is 1.49. The summed E-state index contributed by atoms with van der Waals surface area (Å²) < 4.78 is 1.76. The molecule has 0 spiro atoms. The Morgan fingerprint density at radius 3 is 2.39 bits per heavy atom. The molecule has 0 amide bonds. The first kappa shape index (κ1) is 22.3. The molecule has 6 nitrogen and oxygen atoms in total. The van der Waals surface area contributed by atoms with Crippen LogP contribution in [0.3, 0.4) is 0 Å². The Labute approximate surface area is 209 Å². The summed E-state index contributed by atoms with van der Waals surface area (Å²) in [5.74, 6) is 0.312. The molecule has 0 atom stereocenters. The first-order valence-corrected chi connectivity index (χ1v) is 12.5. The number of hydrogen-bond acceptors (Lipinski definition) is 4. The van der Waals surface area contributed by atoms with Gasteiger partial charge in [0.25, 0.3) is 0 Å². The highest BCUT2D eigenvalue weighted by molar-refractivity contribution is 5.91. The Morgan fingerprint density at radius 1 is 0.917 bits per heavy atom. The lowest BCUT2D eigenvalue weighted by Crippen LogP contribution is -2.19. The average molecular weight is 477 g/mol. The number of carboxylic acids is 1. The number of aromatic nitrogens is 3. The lowest BCUT2D eigenvalue weighted by Gasteiger charge is -2.29. The van der Waals surface area contributed by atoms with Crippen molar-refractivity contribution >= 4 is 28.2 Å². The predicted octanol–water partition coefficient (Wildman–Crippen LogP) is 6.55. The first-order valence-electron chi connectivity index (χ1n) is 12.5. The summed E-state index contributed by atoms with van der Waals surface area (Å²) in [6.45, 7) is 0. The van der Waals surface area contributed by atoms with Gasteiger partial charge in [0.2, 0.25) is 0 Å². The fourth-order valence-corrected chi connectivity index (χ4v) is 5.68. The van der Waals surface area contributed by atoms with E-state index >= 15 is 0 Å². The van der Waals surface area contributed by atoms with Crippen LogP contribution in [-0.4, -0.2) is 25.7 Å². The zero-order valence-corrected chi connectivity index (χ0v) is 20.0. The normalized spacial score (nSPS) is 18.0. The van der Waals surface area contributed by atoms with Gasteiger partial charge in [-0.05, 0) is 59.6 Å². The van der Waals surface area contributed by atoms with Crippen molar-refractivity contribution in [3.8, 4) is 22.3 Å². The number of nitrogen functional groups attached to an aromatic ring is 1. The summed E-state index contributed by atoms with van der Waals surface area (Å²) in [5.41, 5.74) is 12.5. The van der Waals surface area contributed by atoms with Crippen molar-refractivity contribution in [2.24, 2.45) is 5.92 Å². The second-order valence-electron chi connectivity index (χ2n) is 9.79. The molecule has 0 aliphatic heterocycles. The van der Waals surface area contributed by atoms with Crippen molar-refractivity contribution in [3.05, 3.63) is 84.7 Å². The molecule has 3 N–H and O–H groups in total. The lowest BCUT2D eigenvalue weighted by molar-refractivity contribution is -0.138. The van der Waals surface area contributed by atoms with Crippen LogP contribution in [0.1, 0.15) is 43.7 Å². The number of benzene rings is 3. The lowest BCUT2D eigenvalue weighted by atomic mass is 9.77. The number of fused-ring (bicyclic) bond motifs is 2. The summed E-state index contributed by atoms with van der Waals surface area (Å²) in [7, 11) is 0. The molecular weight excluding hydrogens is 448 g/mol. The second-order valence-corrected chi connectivity index (χ2v) is 9.79. The quantitative estimate of drug-likeness (QED) is 0.300. The molecule has 2 aromatic heterocycles. The minimum atomic E-state index is -0.716. The minimum Gasteiger partial charge on any atom is -0.481 e. The zero-order valence-electron chi connectivity index (χ0n) is 20.0. The van der Waals surface area contributed by atoms with Gasteiger partial charge < -0.3 is 10.8 Å². The molecule has 36 heavy (non-hydrogen) atoms. The Kier molecular flexibility index (Phi) is 5.64. The van der Waals surface area contributed by atoms with Gasteiger partial charge in [-0.25, -0.2) is 4.98 Å². The van der Waals surface area contributed by atoms with Crippen molar-refractivity contribution in [2.75, 3.05) is 5.73 Å². The fraction of sp³-hybridized carbons (Fsp3) is 0.233. The minimum absolute atomic E-state index is 0.219. The number of nitrogens with two attached hydrogens (primary N) is 1. The summed E-state index contributed by atoms with van der Waals surface area (Å²) in [6, 6.07) is 24.9. The molecule has 3 aromatic carbocycles. The Bertz CT molecular complexity index is 1570. The Morgan fingerprint density at radius 2 is 1.64 bits per heavy atom. The van der Waals surface area contributed by atoms with E-state index in [1.807, 2.05) is 36.5 Å². The largest absolute Gasteiger partial charge is 0.481 e. The molecule has 1 aliphatic rings. The molecular formula is C30H28N4O2. The van der Waals surface area contributed by atoms with Gasteiger partial charge in [0.05, 0.1) is 11.9 Å². The van der Waals surface area contributed by atoms with Gasteiger partial charge in [0, 0.05) is 23.5 Å². The fourth-order valence-electron chi connectivity index (χ4n) is 5.68. The molecule has 0 unspecified atom stereocenters. The van der Waals surface area contributed by atoms with Crippen molar-refractivity contribution in [1.82, 2.24) is 14.6 Å². The van der Waals surface area contributed by atoms with Gasteiger partial charge in [-0.1, -0.05) is 66.7 Å². The smallest absolute Gasteiger partial charge is 0.303 e. The molecule has 180 valence electrons. The standard InChI is InChI=1S/C30H28N4O2/c31-29-27(21-7-2-1-3-8-21)28(22-12-10-19(11-13-22)16-26(35)36)33-30-25(18-32-34(29)30)24-15-14-20-6-4-5-9-23(20)17-24/h1-9,14-15,17-19,22H,10-13,16,31H2,(H,35,36).